The number of nitrogens with zero attached hydrogens (tertiary/aromatic N) is 5. The van der Waals surface area contributed by atoms with Crippen molar-refractivity contribution in [2.75, 3.05) is 0 Å². The normalized spacial score (nSPS) is 9.69. The molecule has 0 bridgehead atoms. The van der Waals surface area contributed by atoms with Gasteiger partial charge in [-0.1, -0.05) is 6.92 Å². The maximum atomic E-state index is 8.96. The van der Waals surface area contributed by atoms with Crippen molar-refractivity contribution in [2.24, 2.45) is 0 Å². The van der Waals surface area contributed by atoms with Crippen molar-refractivity contribution in [1.29, 1.82) is 10.5 Å². The van der Waals surface area contributed by atoms with Gasteiger partial charge in [0.25, 0.3) is 0 Å². The maximum Gasteiger partial charge on any atom is 0.196 e. The van der Waals surface area contributed by atoms with Crippen LogP contribution in [0.25, 0.3) is 5.13 Å². The van der Waals surface area contributed by atoms with E-state index in [1.54, 1.807) is 4.57 Å². The molecule has 0 atom stereocenters. The average Bonchev–Trinajstić information content (AvgIpc) is 2.93. The second-order valence-electron chi connectivity index (χ2n) is 3.01. The minimum atomic E-state index is 0.135. The summed E-state index contributed by atoms with van der Waals surface area (Å²) in [4.78, 5) is 8.20. The molecule has 6 heteroatoms. The fraction of sp³-hybridized carbons (Fsp3) is 0.200. The summed E-state index contributed by atoms with van der Waals surface area (Å²) >= 11 is 1.43. The van der Waals surface area contributed by atoms with Gasteiger partial charge in [0.05, 0.1) is 5.69 Å². The van der Waals surface area contributed by atoms with Crippen LogP contribution in [-0.4, -0.2) is 14.5 Å². The Bertz CT molecular complexity index is 595. The second kappa shape index (κ2) is 4.13. The monoisotopic (exact) mass is 229 g/mol. The molecule has 0 saturated heterocycles. The van der Waals surface area contributed by atoms with E-state index < -0.39 is 0 Å². The van der Waals surface area contributed by atoms with E-state index in [4.69, 9.17) is 10.5 Å². The molecule has 5 nitrogen and oxygen atoms in total. The van der Waals surface area contributed by atoms with Gasteiger partial charge in [0.2, 0.25) is 0 Å². The minimum Gasteiger partial charge on any atom is -0.264 e. The van der Waals surface area contributed by atoms with Crippen molar-refractivity contribution in [1.82, 2.24) is 14.5 Å². The van der Waals surface area contributed by atoms with Gasteiger partial charge in [0, 0.05) is 5.38 Å². The summed E-state index contributed by atoms with van der Waals surface area (Å²) in [5, 5.41) is 20.3. The van der Waals surface area contributed by atoms with Gasteiger partial charge in [0.1, 0.15) is 18.5 Å². The highest BCUT2D eigenvalue weighted by Gasteiger charge is 2.13. The molecule has 0 fully saturated rings. The van der Waals surface area contributed by atoms with Crippen LogP contribution in [0.3, 0.4) is 0 Å². The zero-order valence-corrected chi connectivity index (χ0v) is 9.32. The molecule has 2 heterocycles. The molecule has 0 radical (unpaired) electrons. The lowest BCUT2D eigenvalue weighted by molar-refractivity contribution is 0.972. The van der Waals surface area contributed by atoms with Crippen molar-refractivity contribution >= 4 is 11.3 Å². The van der Waals surface area contributed by atoms with Crippen LogP contribution in [0, 0.1) is 22.7 Å². The molecule has 0 aliphatic heterocycles. The van der Waals surface area contributed by atoms with Crippen LogP contribution >= 0.6 is 11.3 Å². The van der Waals surface area contributed by atoms with Gasteiger partial charge in [-0.3, -0.25) is 4.57 Å². The van der Waals surface area contributed by atoms with Crippen LogP contribution in [0.5, 0.6) is 0 Å². The second-order valence-corrected chi connectivity index (χ2v) is 3.85. The van der Waals surface area contributed by atoms with E-state index in [0.717, 1.165) is 12.1 Å². The first-order valence-electron chi connectivity index (χ1n) is 4.62. The molecule has 0 N–H and O–H groups in total. The topological polar surface area (TPSA) is 78.3 Å². The summed E-state index contributed by atoms with van der Waals surface area (Å²) in [5.74, 6) is 0. The molecular formula is C10H7N5S. The molecule has 0 unspecified atom stereocenters. The van der Waals surface area contributed by atoms with Gasteiger partial charge >= 0.3 is 0 Å². The Kier molecular flexibility index (Phi) is 2.67. The largest absolute Gasteiger partial charge is 0.264 e. The third-order valence-electron chi connectivity index (χ3n) is 2.09. The lowest BCUT2D eigenvalue weighted by Crippen LogP contribution is -1.96. The number of rotatable bonds is 2. The fourth-order valence-electron chi connectivity index (χ4n) is 1.25. The highest BCUT2D eigenvalue weighted by atomic mass is 32.1. The first-order valence-corrected chi connectivity index (χ1v) is 5.50. The summed E-state index contributed by atoms with van der Waals surface area (Å²) < 4.78 is 1.54. The first kappa shape index (κ1) is 10.3. The highest BCUT2D eigenvalue weighted by Crippen LogP contribution is 2.18. The molecular weight excluding hydrogens is 222 g/mol. The van der Waals surface area contributed by atoms with Crippen molar-refractivity contribution in [3.05, 3.63) is 28.8 Å². The Hall–Kier alpha value is -2.18. The van der Waals surface area contributed by atoms with Gasteiger partial charge in [0.15, 0.2) is 16.5 Å². The minimum absolute atomic E-state index is 0.135. The Morgan fingerprint density at radius 2 is 2.25 bits per heavy atom. The Labute approximate surface area is 96.2 Å². The number of aromatic nitrogens is 3. The highest BCUT2D eigenvalue weighted by molar-refractivity contribution is 7.12. The van der Waals surface area contributed by atoms with Gasteiger partial charge in [-0.25, -0.2) is 9.97 Å². The number of thiazole rings is 1. The standard InChI is InChI=1S/C10H7N5S/c1-2-7-5-16-10(14-7)15-6-13-8(3-11)9(15)4-12/h5-6H,2H2,1H3. The van der Waals surface area contributed by atoms with Crippen molar-refractivity contribution < 1.29 is 0 Å². The lowest BCUT2D eigenvalue weighted by atomic mass is 10.3. The van der Waals surface area contributed by atoms with Crippen LogP contribution in [0.15, 0.2) is 11.7 Å². The van der Waals surface area contributed by atoms with Crippen molar-refractivity contribution in [3.8, 4) is 17.3 Å². The van der Waals surface area contributed by atoms with Crippen molar-refractivity contribution in [3.63, 3.8) is 0 Å². The van der Waals surface area contributed by atoms with E-state index in [9.17, 15) is 0 Å². The Morgan fingerprint density at radius 3 is 2.81 bits per heavy atom. The molecule has 0 spiro atoms. The van der Waals surface area contributed by atoms with Crippen LogP contribution in [0.2, 0.25) is 0 Å². The average molecular weight is 229 g/mol. The van der Waals surface area contributed by atoms with Crippen LogP contribution in [0.4, 0.5) is 0 Å². The number of imidazole rings is 1. The number of nitriles is 2. The summed E-state index contributed by atoms with van der Waals surface area (Å²) in [5.41, 5.74) is 1.34. The van der Waals surface area contributed by atoms with E-state index in [1.807, 2.05) is 24.4 Å². The van der Waals surface area contributed by atoms with Gasteiger partial charge in [-0.2, -0.15) is 10.5 Å². The maximum absolute atomic E-state index is 8.96. The molecule has 78 valence electrons. The van der Waals surface area contributed by atoms with Gasteiger partial charge < -0.3 is 0 Å². The molecule has 0 aliphatic carbocycles. The van der Waals surface area contributed by atoms with Gasteiger partial charge in [-0.15, -0.1) is 11.3 Å². The Morgan fingerprint density at radius 1 is 1.44 bits per heavy atom. The van der Waals surface area contributed by atoms with Crippen LogP contribution in [-0.2, 0) is 6.42 Å². The van der Waals surface area contributed by atoms with Crippen molar-refractivity contribution in [2.45, 2.75) is 13.3 Å². The Balaban J connectivity index is 2.53. The van der Waals surface area contributed by atoms with E-state index in [2.05, 4.69) is 9.97 Å². The van der Waals surface area contributed by atoms with E-state index in [-0.39, 0.29) is 11.4 Å². The van der Waals surface area contributed by atoms with Crippen LogP contribution < -0.4 is 0 Å². The zero-order valence-electron chi connectivity index (χ0n) is 8.51. The number of aryl methyl sites for hydroxylation is 1. The third kappa shape index (κ3) is 1.56. The number of hydrogen-bond acceptors (Lipinski definition) is 5. The summed E-state index contributed by atoms with van der Waals surface area (Å²) in [6.07, 6.45) is 2.30. The smallest absolute Gasteiger partial charge is 0.196 e. The first-order chi connectivity index (χ1) is 7.80. The number of hydrogen-bond donors (Lipinski definition) is 0. The molecule has 0 aliphatic rings. The summed E-state index contributed by atoms with van der Waals surface area (Å²) in [6, 6.07) is 3.85. The van der Waals surface area contributed by atoms with Gasteiger partial charge in [-0.05, 0) is 6.42 Å². The predicted molar refractivity (Wildman–Crippen MR) is 58.0 cm³/mol. The molecule has 16 heavy (non-hydrogen) atoms. The zero-order chi connectivity index (χ0) is 11.5. The van der Waals surface area contributed by atoms with E-state index in [1.165, 1.54) is 17.7 Å². The molecule has 0 aromatic carbocycles. The predicted octanol–water partition coefficient (Wildman–Crippen LogP) is 1.63. The lowest BCUT2D eigenvalue weighted by Gasteiger charge is -1.96. The SMILES string of the molecule is CCc1csc(-n2cnc(C#N)c2C#N)n1. The van der Waals surface area contributed by atoms with Crippen LogP contribution in [0.1, 0.15) is 24.0 Å². The van der Waals surface area contributed by atoms with E-state index >= 15 is 0 Å². The van der Waals surface area contributed by atoms with E-state index in [0.29, 0.717) is 5.13 Å². The molecule has 0 saturated carbocycles. The quantitative estimate of drug-likeness (QED) is 0.784. The summed E-state index contributed by atoms with van der Waals surface area (Å²) in [7, 11) is 0. The molecule has 0 amide bonds. The molecule has 2 rings (SSSR count). The molecule has 2 aromatic rings. The molecule has 2 aromatic heterocycles. The summed E-state index contributed by atoms with van der Waals surface area (Å²) in [6.45, 7) is 2.01. The fourth-order valence-corrected chi connectivity index (χ4v) is 2.13. The third-order valence-corrected chi connectivity index (χ3v) is 2.98.